The van der Waals surface area contributed by atoms with Gasteiger partial charge in [-0.25, -0.2) is 4.21 Å². The molecule has 1 aromatic rings. The zero-order valence-electron chi connectivity index (χ0n) is 8.06. The zero-order chi connectivity index (χ0) is 10.6. The van der Waals surface area contributed by atoms with Crippen LogP contribution in [0.4, 0.5) is 5.69 Å². The lowest BCUT2D eigenvalue weighted by Gasteiger charge is -2.09. The summed E-state index contributed by atoms with van der Waals surface area (Å²) >= 11 is -2.02. The third-order valence-electron chi connectivity index (χ3n) is 1.43. The van der Waals surface area contributed by atoms with Crippen LogP contribution in [-0.2, 0) is 11.3 Å². The van der Waals surface area contributed by atoms with Crippen molar-refractivity contribution in [2.24, 2.45) is 0 Å². The third kappa shape index (κ3) is 3.76. The van der Waals surface area contributed by atoms with E-state index in [0.717, 1.165) is 5.75 Å². The summed E-state index contributed by atoms with van der Waals surface area (Å²) in [4.78, 5) is 0. The predicted molar refractivity (Wildman–Crippen MR) is 56.6 cm³/mol. The molecule has 1 unspecified atom stereocenters. The monoisotopic (exact) mass is 215 g/mol. The van der Waals surface area contributed by atoms with Crippen LogP contribution in [0.25, 0.3) is 0 Å². The SMILES string of the molecule is CC(C)Oc1ccc(NS(=O)O)cc1. The Hall–Kier alpha value is -1.07. The van der Waals surface area contributed by atoms with E-state index in [1.807, 2.05) is 13.8 Å². The van der Waals surface area contributed by atoms with Crippen molar-refractivity contribution in [3.63, 3.8) is 0 Å². The number of nitrogens with one attached hydrogen (secondary N) is 1. The first-order valence-electron chi connectivity index (χ1n) is 4.22. The van der Waals surface area contributed by atoms with Crippen LogP contribution < -0.4 is 9.46 Å². The zero-order valence-corrected chi connectivity index (χ0v) is 8.88. The van der Waals surface area contributed by atoms with Crippen molar-refractivity contribution in [1.29, 1.82) is 0 Å². The van der Waals surface area contributed by atoms with E-state index in [0.29, 0.717) is 5.69 Å². The van der Waals surface area contributed by atoms with Crippen molar-refractivity contribution >= 4 is 17.0 Å². The predicted octanol–water partition coefficient (Wildman–Crippen LogP) is 2.02. The highest BCUT2D eigenvalue weighted by Crippen LogP contribution is 2.16. The Morgan fingerprint density at radius 3 is 2.36 bits per heavy atom. The highest BCUT2D eigenvalue weighted by atomic mass is 32.2. The lowest BCUT2D eigenvalue weighted by atomic mass is 10.3. The van der Waals surface area contributed by atoms with Crippen LogP contribution in [-0.4, -0.2) is 14.9 Å². The summed E-state index contributed by atoms with van der Waals surface area (Å²) in [7, 11) is 0. The summed E-state index contributed by atoms with van der Waals surface area (Å²) in [6.07, 6.45) is 0.126. The topological polar surface area (TPSA) is 58.6 Å². The average molecular weight is 215 g/mol. The van der Waals surface area contributed by atoms with Crippen LogP contribution in [0.15, 0.2) is 24.3 Å². The van der Waals surface area contributed by atoms with Gasteiger partial charge in [0.25, 0.3) is 11.3 Å². The van der Waals surface area contributed by atoms with Gasteiger partial charge in [-0.1, -0.05) is 0 Å². The lowest BCUT2D eigenvalue weighted by molar-refractivity contribution is 0.242. The Morgan fingerprint density at radius 1 is 1.36 bits per heavy atom. The quantitative estimate of drug-likeness (QED) is 0.755. The van der Waals surface area contributed by atoms with Gasteiger partial charge in [-0.3, -0.25) is 9.27 Å². The first kappa shape index (κ1) is 11.0. The minimum absolute atomic E-state index is 0.126. The summed E-state index contributed by atoms with van der Waals surface area (Å²) in [5, 5.41) is 0. The Kier molecular flexibility index (Phi) is 3.91. The summed E-state index contributed by atoms with van der Waals surface area (Å²) in [5.41, 5.74) is 0.585. The highest BCUT2D eigenvalue weighted by Gasteiger charge is 1.98. The molecule has 1 aromatic carbocycles. The smallest absolute Gasteiger partial charge is 0.259 e. The van der Waals surface area contributed by atoms with E-state index in [9.17, 15) is 4.21 Å². The number of anilines is 1. The van der Waals surface area contributed by atoms with E-state index in [2.05, 4.69) is 4.72 Å². The Labute approximate surface area is 85.7 Å². The molecule has 0 aromatic heterocycles. The second kappa shape index (κ2) is 4.97. The molecule has 0 saturated carbocycles. The molecular formula is C9H13NO3S. The highest BCUT2D eigenvalue weighted by molar-refractivity contribution is 7.80. The first-order chi connectivity index (χ1) is 6.58. The van der Waals surface area contributed by atoms with Crippen molar-refractivity contribution in [2.75, 3.05) is 4.72 Å². The maximum atomic E-state index is 10.4. The maximum absolute atomic E-state index is 10.4. The van der Waals surface area contributed by atoms with Gasteiger partial charge >= 0.3 is 0 Å². The van der Waals surface area contributed by atoms with Gasteiger partial charge in [0.2, 0.25) is 0 Å². The molecule has 0 spiro atoms. The largest absolute Gasteiger partial charge is 0.491 e. The van der Waals surface area contributed by atoms with Crippen LogP contribution in [0.2, 0.25) is 0 Å². The Bertz CT molecular complexity index is 310. The van der Waals surface area contributed by atoms with Gasteiger partial charge in [-0.05, 0) is 38.1 Å². The van der Waals surface area contributed by atoms with E-state index in [-0.39, 0.29) is 6.10 Å². The molecule has 1 rings (SSSR count). The van der Waals surface area contributed by atoms with E-state index < -0.39 is 11.3 Å². The summed E-state index contributed by atoms with van der Waals surface area (Å²) in [6.45, 7) is 3.88. The van der Waals surface area contributed by atoms with Crippen molar-refractivity contribution in [3.05, 3.63) is 24.3 Å². The average Bonchev–Trinajstić information content (AvgIpc) is 2.06. The summed E-state index contributed by atoms with van der Waals surface area (Å²) < 4.78 is 26.7. The fourth-order valence-electron chi connectivity index (χ4n) is 0.975. The third-order valence-corrected chi connectivity index (χ3v) is 1.84. The van der Waals surface area contributed by atoms with Gasteiger partial charge in [0.05, 0.1) is 6.10 Å². The molecule has 5 heteroatoms. The molecule has 0 heterocycles. The van der Waals surface area contributed by atoms with E-state index in [1.165, 1.54) is 0 Å². The van der Waals surface area contributed by atoms with Crippen molar-refractivity contribution in [3.8, 4) is 5.75 Å². The fourth-order valence-corrected chi connectivity index (χ4v) is 1.31. The Morgan fingerprint density at radius 2 is 1.93 bits per heavy atom. The number of rotatable bonds is 4. The van der Waals surface area contributed by atoms with Crippen molar-refractivity contribution in [1.82, 2.24) is 0 Å². The van der Waals surface area contributed by atoms with Gasteiger partial charge in [0.1, 0.15) is 5.75 Å². The fraction of sp³-hybridized carbons (Fsp3) is 0.333. The minimum Gasteiger partial charge on any atom is -0.491 e. The van der Waals surface area contributed by atoms with Gasteiger partial charge in [0.15, 0.2) is 0 Å². The van der Waals surface area contributed by atoms with E-state index >= 15 is 0 Å². The number of benzene rings is 1. The molecule has 4 nitrogen and oxygen atoms in total. The first-order valence-corrected chi connectivity index (χ1v) is 5.33. The molecule has 0 fully saturated rings. The molecule has 0 radical (unpaired) electrons. The molecule has 78 valence electrons. The van der Waals surface area contributed by atoms with Gasteiger partial charge in [-0.2, -0.15) is 0 Å². The number of hydrogen-bond acceptors (Lipinski definition) is 2. The standard InChI is InChI=1S/C9H13NO3S/c1-7(2)13-9-5-3-8(4-6-9)10-14(11)12/h3-7,10H,1-2H3,(H,11,12). The molecule has 0 saturated heterocycles. The number of hydrogen-bond donors (Lipinski definition) is 2. The molecular weight excluding hydrogens is 202 g/mol. The second-order valence-electron chi connectivity index (χ2n) is 3.04. The lowest BCUT2D eigenvalue weighted by Crippen LogP contribution is -2.06. The van der Waals surface area contributed by atoms with E-state index in [4.69, 9.17) is 9.29 Å². The van der Waals surface area contributed by atoms with E-state index in [1.54, 1.807) is 24.3 Å². The minimum atomic E-state index is -2.02. The maximum Gasteiger partial charge on any atom is 0.259 e. The molecule has 0 aliphatic carbocycles. The second-order valence-corrected chi connectivity index (χ2v) is 3.74. The molecule has 14 heavy (non-hydrogen) atoms. The van der Waals surface area contributed by atoms with Gasteiger partial charge < -0.3 is 4.74 Å². The van der Waals surface area contributed by atoms with Crippen molar-refractivity contribution < 1.29 is 13.5 Å². The Balaban J connectivity index is 2.63. The van der Waals surface area contributed by atoms with Crippen LogP contribution in [0.1, 0.15) is 13.8 Å². The van der Waals surface area contributed by atoms with Crippen LogP contribution in [0.3, 0.4) is 0 Å². The molecule has 2 N–H and O–H groups in total. The molecule has 0 aliphatic heterocycles. The summed E-state index contributed by atoms with van der Waals surface area (Å²) in [5.74, 6) is 0.745. The summed E-state index contributed by atoms with van der Waals surface area (Å²) in [6, 6.07) is 6.86. The molecule has 0 aliphatic rings. The van der Waals surface area contributed by atoms with Crippen LogP contribution >= 0.6 is 0 Å². The molecule has 1 atom stereocenters. The molecule has 0 bridgehead atoms. The van der Waals surface area contributed by atoms with Crippen LogP contribution in [0.5, 0.6) is 5.75 Å². The number of ether oxygens (including phenoxy) is 1. The normalized spacial score (nSPS) is 12.6. The van der Waals surface area contributed by atoms with Crippen LogP contribution in [0, 0.1) is 0 Å². The van der Waals surface area contributed by atoms with Gasteiger partial charge in [-0.15, -0.1) is 0 Å². The van der Waals surface area contributed by atoms with Gasteiger partial charge in [0, 0.05) is 5.69 Å². The molecule has 0 amide bonds. The van der Waals surface area contributed by atoms with Crippen molar-refractivity contribution in [2.45, 2.75) is 20.0 Å².